The van der Waals surface area contributed by atoms with Crippen LogP contribution in [0.3, 0.4) is 0 Å². The molecule has 0 spiro atoms. The highest BCUT2D eigenvalue weighted by molar-refractivity contribution is 8.13. The quantitative estimate of drug-likeness (QED) is 0.198. The van der Waals surface area contributed by atoms with Gasteiger partial charge in [0.15, 0.2) is 10.8 Å². The van der Waals surface area contributed by atoms with Gasteiger partial charge in [0.2, 0.25) is 0 Å². The maximum atomic E-state index is 10.3. The van der Waals surface area contributed by atoms with Crippen molar-refractivity contribution in [3.63, 3.8) is 0 Å². The van der Waals surface area contributed by atoms with Gasteiger partial charge in [-0.2, -0.15) is 0 Å². The van der Waals surface area contributed by atoms with Crippen LogP contribution >= 0.6 is 11.8 Å². The molecule has 0 fully saturated rings. The van der Waals surface area contributed by atoms with Crippen molar-refractivity contribution in [1.82, 2.24) is 0 Å². The van der Waals surface area contributed by atoms with E-state index < -0.39 is 11.6 Å². The van der Waals surface area contributed by atoms with Gasteiger partial charge in [-0.3, -0.25) is 5.41 Å². The third kappa shape index (κ3) is 3.81. The molecule has 7 heteroatoms. The summed E-state index contributed by atoms with van der Waals surface area (Å²) in [4.78, 5) is 10.3. The molecule has 0 aliphatic rings. The van der Waals surface area contributed by atoms with E-state index in [1.54, 1.807) is 0 Å². The van der Waals surface area contributed by atoms with Crippen LogP contribution in [0.1, 0.15) is 0 Å². The van der Waals surface area contributed by atoms with E-state index in [-0.39, 0.29) is 10.9 Å². The van der Waals surface area contributed by atoms with Gasteiger partial charge >= 0.3 is 5.97 Å². The number of amidine groups is 1. The summed E-state index contributed by atoms with van der Waals surface area (Å²) in [6.45, 7) is 0. The first kappa shape index (κ1) is 10.2. The van der Waals surface area contributed by atoms with Crippen molar-refractivity contribution in [3.8, 4) is 0 Å². The molecule has 0 aromatic carbocycles. The molecule has 64 valence electrons. The number of nitrogens with one attached hydrogen (secondary N) is 1. The second kappa shape index (κ2) is 3.56. The van der Waals surface area contributed by atoms with Crippen molar-refractivity contribution in [2.45, 2.75) is 5.66 Å². The van der Waals surface area contributed by atoms with E-state index in [2.05, 4.69) is 0 Å². The Labute approximate surface area is 67.6 Å². The number of aliphatic carboxylic acids is 1. The highest BCUT2D eigenvalue weighted by Gasteiger charge is 2.28. The molecule has 0 saturated carbocycles. The Balaban J connectivity index is 3.92. The van der Waals surface area contributed by atoms with Gasteiger partial charge in [-0.25, -0.2) is 4.79 Å². The number of hydrogen-bond acceptors (Lipinski definition) is 5. The lowest BCUT2D eigenvalue weighted by molar-refractivity contribution is -0.142. The van der Waals surface area contributed by atoms with Gasteiger partial charge in [-0.15, -0.1) is 0 Å². The van der Waals surface area contributed by atoms with Gasteiger partial charge in [0, 0.05) is 5.75 Å². The fourth-order valence-corrected chi connectivity index (χ4v) is 0.777. The van der Waals surface area contributed by atoms with Gasteiger partial charge in [0.05, 0.1) is 0 Å². The van der Waals surface area contributed by atoms with Crippen molar-refractivity contribution < 1.29 is 9.90 Å². The lowest BCUT2D eigenvalue weighted by Crippen LogP contribution is -2.58. The number of carboxylic acids is 1. The molecule has 0 rings (SSSR count). The maximum absolute atomic E-state index is 10.3. The van der Waals surface area contributed by atoms with Gasteiger partial charge in [0.1, 0.15) is 0 Å². The maximum Gasteiger partial charge on any atom is 0.339 e. The zero-order valence-electron chi connectivity index (χ0n) is 5.70. The highest BCUT2D eigenvalue weighted by atomic mass is 32.2. The first-order valence-corrected chi connectivity index (χ1v) is 3.63. The summed E-state index contributed by atoms with van der Waals surface area (Å²) in [5.41, 5.74) is 13.4. The summed E-state index contributed by atoms with van der Waals surface area (Å²) in [6, 6.07) is 0. The molecule has 0 aliphatic heterocycles. The van der Waals surface area contributed by atoms with E-state index in [9.17, 15) is 4.79 Å². The number of rotatable bonds is 3. The Hall–Kier alpha value is -0.790. The van der Waals surface area contributed by atoms with Crippen LogP contribution in [0.4, 0.5) is 0 Å². The predicted octanol–water partition coefficient (Wildman–Crippen LogP) is -1.69. The van der Waals surface area contributed by atoms with Crippen molar-refractivity contribution in [3.05, 3.63) is 0 Å². The fourth-order valence-electron chi connectivity index (χ4n) is 0.259. The van der Waals surface area contributed by atoms with E-state index in [4.69, 9.17) is 27.7 Å². The molecular weight excluding hydrogens is 168 g/mol. The molecule has 11 heavy (non-hydrogen) atoms. The molecular formula is C4H10N4O2S. The molecule has 0 amide bonds. The second-order valence-electron chi connectivity index (χ2n) is 2.00. The zero-order chi connectivity index (χ0) is 9.07. The number of nitrogens with two attached hydrogens (primary N) is 3. The fraction of sp³-hybridized carbons (Fsp3) is 0.500. The number of thioether (sulfide) groups is 1. The van der Waals surface area contributed by atoms with Crippen LogP contribution in [0.15, 0.2) is 0 Å². The van der Waals surface area contributed by atoms with Crippen LogP contribution in [0.2, 0.25) is 0 Å². The first-order chi connectivity index (χ1) is 4.86. The highest BCUT2D eigenvalue weighted by Crippen LogP contribution is 2.04. The Morgan fingerprint density at radius 1 is 1.64 bits per heavy atom. The standard InChI is InChI=1S/C4H10N4O2S/c5-3(6)11-1-4(7,8)2(9)10/h1,7-8H2,(H3,5,6)(H,9,10). The van der Waals surface area contributed by atoms with Gasteiger partial charge in [-0.1, -0.05) is 11.8 Å². The molecule has 0 aromatic heterocycles. The molecule has 0 atom stereocenters. The lowest BCUT2D eigenvalue weighted by Gasteiger charge is -2.17. The third-order valence-electron chi connectivity index (χ3n) is 0.865. The van der Waals surface area contributed by atoms with Gasteiger partial charge in [-0.05, 0) is 0 Å². The van der Waals surface area contributed by atoms with Crippen molar-refractivity contribution in [1.29, 1.82) is 5.41 Å². The molecule has 0 unspecified atom stereocenters. The minimum Gasteiger partial charge on any atom is -0.479 e. The van der Waals surface area contributed by atoms with Crippen LogP contribution < -0.4 is 17.2 Å². The van der Waals surface area contributed by atoms with Crippen LogP contribution in [-0.4, -0.2) is 27.7 Å². The average molecular weight is 178 g/mol. The predicted molar refractivity (Wildman–Crippen MR) is 43.1 cm³/mol. The van der Waals surface area contributed by atoms with Gasteiger partial charge < -0.3 is 22.3 Å². The lowest BCUT2D eigenvalue weighted by atomic mass is 10.2. The normalized spacial score (nSPS) is 11.1. The summed E-state index contributed by atoms with van der Waals surface area (Å²) < 4.78 is 0. The summed E-state index contributed by atoms with van der Waals surface area (Å²) in [5.74, 6) is -1.43. The molecule has 0 bridgehead atoms. The second-order valence-corrected chi connectivity index (χ2v) is 3.02. The van der Waals surface area contributed by atoms with Crippen LogP contribution in [0.5, 0.6) is 0 Å². The Morgan fingerprint density at radius 2 is 2.09 bits per heavy atom. The summed E-state index contributed by atoms with van der Waals surface area (Å²) in [6.07, 6.45) is 0. The zero-order valence-corrected chi connectivity index (χ0v) is 6.52. The molecule has 0 aliphatic carbocycles. The molecule has 0 radical (unpaired) electrons. The van der Waals surface area contributed by atoms with Crippen molar-refractivity contribution in [2.75, 3.05) is 5.75 Å². The monoisotopic (exact) mass is 178 g/mol. The Bertz CT molecular complexity index is 181. The topological polar surface area (TPSA) is 139 Å². The molecule has 6 nitrogen and oxygen atoms in total. The largest absolute Gasteiger partial charge is 0.479 e. The first-order valence-electron chi connectivity index (χ1n) is 2.64. The summed E-state index contributed by atoms with van der Waals surface area (Å²) >= 11 is 0.797. The van der Waals surface area contributed by atoms with Crippen LogP contribution in [-0.2, 0) is 4.79 Å². The number of hydrogen-bond donors (Lipinski definition) is 5. The average Bonchev–Trinajstić information content (AvgIpc) is 1.84. The van der Waals surface area contributed by atoms with E-state index in [0.717, 1.165) is 11.8 Å². The van der Waals surface area contributed by atoms with E-state index >= 15 is 0 Å². The van der Waals surface area contributed by atoms with E-state index in [0.29, 0.717) is 0 Å². The minimum atomic E-state index is -1.81. The van der Waals surface area contributed by atoms with Gasteiger partial charge in [0.25, 0.3) is 0 Å². The minimum absolute atomic E-state index is 0.113. The molecule has 8 N–H and O–H groups in total. The SMILES string of the molecule is N=C(N)SCC(N)(N)C(=O)O. The summed E-state index contributed by atoms with van der Waals surface area (Å²) in [5, 5.41) is 14.9. The Morgan fingerprint density at radius 3 is 2.36 bits per heavy atom. The smallest absolute Gasteiger partial charge is 0.339 e. The number of carbonyl (C=O) groups is 1. The summed E-state index contributed by atoms with van der Waals surface area (Å²) in [7, 11) is 0. The van der Waals surface area contributed by atoms with Crippen molar-refractivity contribution in [2.24, 2.45) is 17.2 Å². The Kier molecular flexibility index (Phi) is 3.30. The molecule has 0 heterocycles. The number of carboxylic acid groups (broad SMARTS) is 1. The van der Waals surface area contributed by atoms with E-state index in [1.807, 2.05) is 0 Å². The molecule has 0 aromatic rings. The van der Waals surface area contributed by atoms with Crippen LogP contribution in [0, 0.1) is 5.41 Å². The third-order valence-corrected chi connectivity index (χ3v) is 1.80. The van der Waals surface area contributed by atoms with Crippen LogP contribution in [0.25, 0.3) is 0 Å². The molecule has 0 saturated heterocycles. The van der Waals surface area contributed by atoms with Crippen molar-refractivity contribution >= 4 is 22.9 Å². The van der Waals surface area contributed by atoms with E-state index in [1.165, 1.54) is 0 Å².